The molecule has 0 radical (unpaired) electrons. The van der Waals surface area contributed by atoms with Crippen LogP contribution in [0.4, 0.5) is 0 Å². The lowest BCUT2D eigenvalue weighted by Gasteiger charge is -2.22. The molecule has 94 valence electrons. The summed E-state index contributed by atoms with van der Waals surface area (Å²) in [4.78, 5) is 1.31. The maximum atomic E-state index is 5.87. The fourth-order valence-corrected chi connectivity index (χ4v) is 3.65. The average Bonchev–Trinajstić information content (AvgIpc) is 2.33. The highest BCUT2D eigenvalue weighted by atomic mass is 79.9. The highest BCUT2D eigenvalue weighted by molar-refractivity contribution is 9.10. The Hall–Kier alpha value is -0.0300. The summed E-state index contributed by atoms with van der Waals surface area (Å²) in [5, 5.41) is 0.682. The van der Waals surface area contributed by atoms with Gasteiger partial charge in [0.2, 0.25) is 0 Å². The Morgan fingerprint density at radius 2 is 2.12 bits per heavy atom. The molecule has 2 nitrogen and oxygen atoms in total. The third-order valence-electron chi connectivity index (χ3n) is 2.94. The van der Waals surface area contributed by atoms with Crippen molar-refractivity contribution in [1.29, 1.82) is 0 Å². The van der Waals surface area contributed by atoms with Crippen molar-refractivity contribution < 1.29 is 4.74 Å². The summed E-state index contributed by atoms with van der Waals surface area (Å²) in [6.07, 6.45) is 2.29. The molecule has 1 atom stereocenters. The van der Waals surface area contributed by atoms with Crippen molar-refractivity contribution in [2.24, 2.45) is 5.73 Å². The molecule has 1 saturated heterocycles. The molecule has 1 aromatic rings. The van der Waals surface area contributed by atoms with Gasteiger partial charge in [-0.05, 0) is 53.4 Å². The zero-order chi connectivity index (χ0) is 12.3. The minimum Gasteiger partial charge on any atom is -0.381 e. The third-order valence-corrected chi connectivity index (χ3v) is 5.28. The first-order valence-electron chi connectivity index (χ1n) is 5.96. The van der Waals surface area contributed by atoms with Crippen molar-refractivity contribution in [3.8, 4) is 0 Å². The van der Waals surface area contributed by atoms with Gasteiger partial charge < -0.3 is 10.5 Å². The van der Waals surface area contributed by atoms with Gasteiger partial charge in [-0.15, -0.1) is 11.8 Å². The molecule has 1 unspecified atom stereocenters. The number of halogens is 1. The second kappa shape index (κ2) is 6.23. The molecule has 17 heavy (non-hydrogen) atoms. The Bertz CT molecular complexity index is 378. The van der Waals surface area contributed by atoms with Gasteiger partial charge in [-0.25, -0.2) is 0 Å². The molecule has 0 aromatic heterocycles. The Balaban J connectivity index is 2.05. The highest BCUT2D eigenvalue weighted by Crippen LogP contribution is 2.35. The second-order valence-electron chi connectivity index (χ2n) is 4.41. The quantitative estimate of drug-likeness (QED) is 0.922. The van der Waals surface area contributed by atoms with Crippen LogP contribution in [0.15, 0.2) is 27.6 Å². The van der Waals surface area contributed by atoms with Crippen molar-refractivity contribution in [3.63, 3.8) is 0 Å². The summed E-state index contributed by atoms with van der Waals surface area (Å²) >= 11 is 5.58. The van der Waals surface area contributed by atoms with E-state index in [0.717, 1.165) is 30.5 Å². The van der Waals surface area contributed by atoms with Gasteiger partial charge >= 0.3 is 0 Å². The monoisotopic (exact) mass is 315 g/mol. The topological polar surface area (TPSA) is 35.2 Å². The molecule has 2 N–H and O–H groups in total. The minimum atomic E-state index is 0.0911. The molecule has 1 aliphatic rings. The number of rotatable bonds is 3. The standard InChI is InChI=1S/C13H18BrNOS/c1-9(15)10-2-3-13(12(14)8-10)17-11-4-6-16-7-5-11/h2-3,8-9,11H,4-7,15H2,1H3. The fourth-order valence-electron chi connectivity index (χ4n) is 1.87. The highest BCUT2D eigenvalue weighted by Gasteiger charge is 2.16. The van der Waals surface area contributed by atoms with Crippen LogP contribution in [0.3, 0.4) is 0 Å². The van der Waals surface area contributed by atoms with Crippen LogP contribution in [0.25, 0.3) is 0 Å². The molecule has 4 heteroatoms. The number of thioether (sulfide) groups is 1. The Kier molecular flexibility index (Phi) is 4.91. The average molecular weight is 316 g/mol. The molecule has 1 heterocycles. The zero-order valence-electron chi connectivity index (χ0n) is 9.99. The van der Waals surface area contributed by atoms with Gasteiger partial charge in [-0.2, -0.15) is 0 Å². The lowest BCUT2D eigenvalue weighted by molar-refractivity contribution is 0.100. The SMILES string of the molecule is CC(N)c1ccc(SC2CCOCC2)c(Br)c1. The number of hydrogen-bond donors (Lipinski definition) is 1. The van der Waals surface area contributed by atoms with Crippen molar-refractivity contribution in [2.75, 3.05) is 13.2 Å². The maximum Gasteiger partial charge on any atom is 0.0476 e. The van der Waals surface area contributed by atoms with E-state index in [4.69, 9.17) is 10.5 Å². The van der Waals surface area contributed by atoms with E-state index >= 15 is 0 Å². The predicted octanol–water partition coefficient (Wildman–Crippen LogP) is 3.74. The Morgan fingerprint density at radius 3 is 2.71 bits per heavy atom. The smallest absolute Gasteiger partial charge is 0.0476 e. The molecule has 0 amide bonds. The van der Waals surface area contributed by atoms with E-state index in [0.29, 0.717) is 5.25 Å². The third kappa shape index (κ3) is 3.71. The van der Waals surface area contributed by atoms with E-state index in [1.165, 1.54) is 10.5 Å². The van der Waals surface area contributed by atoms with Crippen LogP contribution >= 0.6 is 27.7 Å². The van der Waals surface area contributed by atoms with Gasteiger partial charge in [0.15, 0.2) is 0 Å². The van der Waals surface area contributed by atoms with Crippen LogP contribution in [0.1, 0.15) is 31.4 Å². The summed E-state index contributed by atoms with van der Waals surface area (Å²) in [7, 11) is 0. The summed E-state index contributed by atoms with van der Waals surface area (Å²) in [6, 6.07) is 6.51. The van der Waals surface area contributed by atoms with Crippen LogP contribution < -0.4 is 5.73 Å². The van der Waals surface area contributed by atoms with Gasteiger partial charge in [0.25, 0.3) is 0 Å². The van der Waals surface area contributed by atoms with Gasteiger partial charge in [0.1, 0.15) is 0 Å². The number of ether oxygens (including phenoxy) is 1. The van der Waals surface area contributed by atoms with Gasteiger partial charge in [-0.3, -0.25) is 0 Å². The number of hydrogen-bond acceptors (Lipinski definition) is 3. The van der Waals surface area contributed by atoms with E-state index in [1.54, 1.807) is 0 Å². The van der Waals surface area contributed by atoms with Crippen LogP contribution in [-0.4, -0.2) is 18.5 Å². The van der Waals surface area contributed by atoms with Gasteiger partial charge in [0.05, 0.1) is 0 Å². The molecule has 1 aromatic carbocycles. The molecule has 0 aliphatic carbocycles. The van der Waals surface area contributed by atoms with E-state index in [9.17, 15) is 0 Å². The van der Waals surface area contributed by atoms with E-state index in [1.807, 2.05) is 18.7 Å². The second-order valence-corrected chi connectivity index (χ2v) is 6.60. The van der Waals surface area contributed by atoms with Crippen LogP contribution in [0, 0.1) is 0 Å². The first-order chi connectivity index (χ1) is 8.16. The van der Waals surface area contributed by atoms with Crippen LogP contribution in [0.2, 0.25) is 0 Å². The van der Waals surface area contributed by atoms with Crippen molar-refractivity contribution in [2.45, 2.75) is 36.0 Å². The first-order valence-corrected chi connectivity index (χ1v) is 7.63. The largest absolute Gasteiger partial charge is 0.381 e. The van der Waals surface area contributed by atoms with E-state index in [-0.39, 0.29) is 6.04 Å². The van der Waals surface area contributed by atoms with Gasteiger partial charge in [0, 0.05) is 33.9 Å². The molecule has 0 spiro atoms. The predicted molar refractivity (Wildman–Crippen MR) is 76.4 cm³/mol. The summed E-state index contributed by atoms with van der Waals surface area (Å²) in [5.74, 6) is 0. The normalized spacial score (nSPS) is 19.2. The van der Waals surface area contributed by atoms with E-state index < -0.39 is 0 Å². The lowest BCUT2D eigenvalue weighted by Crippen LogP contribution is -2.17. The van der Waals surface area contributed by atoms with Crippen molar-refractivity contribution in [1.82, 2.24) is 0 Å². The Morgan fingerprint density at radius 1 is 1.41 bits per heavy atom. The number of benzene rings is 1. The maximum absolute atomic E-state index is 5.87. The molecular formula is C13H18BrNOS. The molecule has 0 bridgehead atoms. The fraction of sp³-hybridized carbons (Fsp3) is 0.538. The summed E-state index contributed by atoms with van der Waals surface area (Å²) in [6.45, 7) is 3.80. The minimum absolute atomic E-state index is 0.0911. The molecule has 1 aliphatic heterocycles. The lowest BCUT2D eigenvalue weighted by atomic mass is 10.1. The molecule has 1 fully saturated rings. The molecule has 0 saturated carbocycles. The number of nitrogens with two attached hydrogens (primary N) is 1. The van der Waals surface area contributed by atoms with Crippen molar-refractivity contribution >= 4 is 27.7 Å². The summed E-state index contributed by atoms with van der Waals surface area (Å²) < 4.78 is 6.53. The van der Waals surface area contributed by atoms with Crippen LogP contribution in [-0.2, 0) is 4.74 Å². The summed E-state index contributed by atoms with van der Waals surface area (Å²) in [5.41, 5.74) is 7.05. The van der Waals surface area contributed by atoms with E-state index in [2.05, 4.69) is 34.1 Å². The molecular weight excluding hydrogens is 298 g/mol. The first kappa shape index (κ1) is 13.4. The zero-order valence-corrected chi connectivity index (χ0v) is 12.4. The van der Waals surface area contributed by atoms with Crippen LogP contribution in [0.5, 0.6) is 0 Å². The van der Waals surface area contributed by atoms with Crippen molar-refractivity contribution in [3.05, 3.63) is 28.2 Å². The van der Waals surface area contributed by atoms with Gasteiger partial charge in [-0.1, -0.05) is 6.07 Å². The Labute approximate surface area is 115 Å². The molecule has 2 rings (SSSR count).